The van der Waals surface area contributed by atoms with Gasteiger partial charge in [-0.1, -0.05) is 6.07 Å². The Balaban J connectivity index is 1.87. The van der Waals surface area contributed by atoms with Crippen molar-refractivity contribution < 1.29 is 18.3 Å². The fourth-order valence-electron chi connectivity index (χ4n) is 2.54. The Hall–Kier alpha value is -1.69. The molecule has 140 valence electrons. The summed E-state index contributed by atoms with van der Waals surface area (Å²) in [5, 5.41) is 0. The minimum absolute atomic E-state index is 0.0325. The zero-order valence-corrected chi connectivity index (χ0v) is 15.5. The van der Waals surface area contributed by atoms with E-state index in [0.29, 0.717) is 6.61 Å². The fraction of sp³-hybridized carbons (Fsp3) is 0.632. The summed E-state index contributed by atoms with van der Waals surface area (Å²) in [5.74, 6) is -2.28. The molecule has 2 rings (SSSR count). The second-order valence-electron chi connectivity index (χ2n) is 6.61. The summed E-state index contributed by atoms with van der Waals surface area (Å²) in [6, 6.07) is 4.02. The van der Waals surface area contributed by atoms with E-state index in [1.807, 2.05) is 31.3 Å². The van der Waals surface area contributed by atoms with Crippen LogP contribution in [0.4, 0.5) is 14.5 Å². The lowest BCUT2D eigenvalue weighted by Gasteiger charge is -2.13. The second kappa shape index (κ2) is 8.61. The van der Waals surface area contributed by atoms with Crippen molar-refractivity contribution in [2.24, 2.45) is 10.9 Å². The first kappa shape index (κ1) is 19.6. The van der Waals surface area contributed by atoms with E-state index in [9.17, 15) is 8.78 Å². The maximum atomic E-state index is 12.8. The largest absolute Gasteiger partial charge is 0.496 e. The molecule has 1 saturated carbocycles. The smallest absolute Gasteiger partial charge is 0.253 e. The van der Waals surface area contributed by atoms with E-state index in [1.54, 1.807) is 7.11 Å². The van der Waals surface area contributed by atoms with Crippen molar-refractivity contribution in [2.75, 3.05) is 33.9 Å². The average Bonchev–Trinajstić information content (AvgIpc) is 3.20. The van der Waals surface area contributed by atoms with Gasteiger partial charge in [0.1, 0.15) is 5.75 Å². The normalized spacial score (nSPS) is 18.6. The number of aryl methyl sites for hydroxylation is 2. The molecule has 0 aromatic heterocycles. The molecule has 1 unspecified atom stereocenters. The molecule has 1 fully saturated rings. The maximum Gasteiger partial charge on any atom is 0.253 e. The standard InChI is InChI=1S/C19H28F2N2O2/c1-5-23(3)13-22-17-10-18(24-4)15(9-14(17)2)7-6-8-25-12-16-11-19(16,20)21/h9-10,13,16H,5-8,11-12H2,1-4H3/b22-13+. The Kier molecular flexibility index (Phi) is 6.76. The molecule has 1 aliphatic carbocycles. The molecule has 0 bridgehead atoms. The number of rotatable bonds is 10. The minimum Gasteiger partial charge on any atom is -0.496 e. The lowest BCUT2D eigenvalue weighted by molar-refractivity contribution is 0.0542. The van der Waals surface area contributed by atoms with Gasteiger partial charge in [0.05, 0.1) is 31.7 Å². The first-order valence-corrected chi connectivity index (χ1v) is 8.75. The van der Waals surface area contributed by atoms with Crippen molar-refractivity contribution in [3.63, 3.8) is 0 Å². The molecule has 0 N–H and O–H groups in total. The van der Waals surface area contributed by atoms with E-state index in [0.717, 1.165) is 42.0 Å². The summed E-state index contributed by atoms with van der Waals surface area (Å²) < 4.78 is 36.4. The van der Waals surface area contributed by atoms with Crippen LogP contribution in [-0.4, -0.2) is 51.1 Å². The van der Waals surface area contributed by atoms with Crippen molar-refractivity contribution in [1.29, 1.82) is 0 Å². The number of methoxy groups -OCH3 is 1. The van der Waals surface area contributed by atoms with E-state index in [1.165, 1.54) is 0 Å². The van der Waals surface area contributed by atoms with E-state index >= 15 is 0 Å². The number of halogens is 2. The van der Waals surface area contributed by atoms with Gasteiger partial charge in [0.2, 0.25) is 0 Å². The van der Waals surface area contributed by atoms with Gasteiger partial charge in [0, 0.05) is 32.7 Å². The van der Waals surface area contributed by atoms with Crippen LogP contribution in [0.25, 0.3) is 0 Å². The third kappa shape index (κ3) is 5.66. The predicted molar refractivity (Wildman–Crippen MR) is 96.4 cm³/mol. The number of aliphatic imine (C=N–C) groups is 1. The number of benzene rings is 1. The lowest BCUT2D eigenvalue weighted by Crippen LogP contribution is -2.14. The molecular weight excluding hydrogens is 326 g/mol. The lowest BCUT2D eigenvalue weighted by atomic mass is 10.0. The summed E-state index contributed by atoms with van der Waals surface area (Å²) in [5.41, 5.74) is 3.05. The van der Waals surface area contributed by atoms with Gasteiger partial charge < -0.3 is 14.4 Å². The number of hydrogen-bond donors (Lipinski definition) is 0. The van der Waals surface area contributed by atoms with Crippen molar-refractivity contribution in [1.82, 2.24) is 4.90 Å². The highest BCUT2D eigenvalue weighted by molar-refractivity contribution is 5.64. The topological polar surface area (TPSA) is 34.1 Å². The molecule has 0 aliphatic heterocycles. The monoisotopic (exact) mass is 354 g/mol. The fourth-order valence-corrected chi connectivity index (χ4v) is 2.54. The number of hydrogen-bond acceptors (Lipinski definition) is 3. The Morgan fingerprint density at radius 1 is 1.40 bits per heavy atom. The molecule has 1 atom stereocenters. The van der Waals surface area contributed by atoms with Crippen LogP contribution in [0.3, 0.4) is 0 Å². The third-order valence-corrected chi connectivity index (χ3v) is 4.50. The van der Waals surface area contributed by atoms with E-state index < -0.39 is 11.8 Å². The highest BCUT2D eigenvalue weighted by atomic mass is 19.3. The van der Waals surface area contributed by atoms with Gasteiger partial charge in [0.15, 0.2) is 0 Å². The molecule has 0 spiro atoms. The Morgan fingerprint density at radius 3 is 2.72 bits per heavy atom. The predicted octanol–water partition coefficient (Wildman–Crippen LogP) is 4.22. The van der Waals surface area contributed by atoms with Gasteiger partial charge in [-0.3, -0.25) is 0 Å². The van der Waals surface area contributed by atoms with E-state index in [-0.39, 0.29) is 13.0 Å². The van der Waals surface area contributed by atoms with Gasteiger partial charge in [0.25, 0.3) is 5.92 Å². The van der Waals surface area contributed by atoms with E-state index in [4.69, 9.17) is 9.47 Å². The molecule has 1 aliphatic rings. The molecule has 1 aromatic rings. The summed E-state index contributed by atoms with van der Waals surface area (Å²) in [6.07, 6.45) is 3.33. The van der Waals surface area contributed by atoms with Gasteiger partial charge >= 0.3 is 0 Å². The number of alkyl halides is 2. The first-order chi connectivity index (χ1) is 11.9. The quantitative estimate of drug-likeness (QED) is 0.358. The van der Waals surface area contributed by atoms with Crippen LogP contribution < -0.4 is 4.74 Å². The van der Waals surface area contributed by atoms with Crippen LogP contribution in [-0.2, 0) is 11.2 Å². The molecule has 25 heavy (non-hydrogen) atoms. The third-order valence-electron chi connectivity index (χ3n) is 4.50. The maximum absolute atomic E-state index is 12.8. The summed E-state index contributed by atoms with van der Waals surface area (Å²) in [6.45, 7) is 5.62. The molecule has 0 heterocycles. The van der Waals surface area contributed by atoms with Gasteiger partial charge in [-0.2, -0.15) is 0 Å². The summed E-state index contributed by atoms with van der Waals surface area (Å²) >= 11 is 0. The summed E-state index contributed by atoms with van der Waals surface area (Å²) in [7, 11) is 3.62. The molecule has 6 heteroatoms. The Labute approximate surface area is 148 Å². The molecule has 0 amide bonds. The van der Waals surface area contributed by atoms with Gasteiger partial charge in [-0.05, 0) is 37.8 Å². The summed E-state index contributed by atoms with van der Waals surface area (Å²) in [4.78, 5) is 6.50. The Bertz CT molecular complexity index is 605. The van der Waals surface area contributed by atoms with Crippen LogP contribution in [0.2, 0.25) is 0 Å². The van der Waals surface area contributed by atoms with Gasteiger partial charge in [-0.15, -0.1) is 0 Å². The van der Waals surface area contributed by atoms with Gasteiger partial charge in [-0.25, -0.2) is 13.8 Å². The van der Waals surface area contributed by atoms with E-state index in [2.05, 4.69) is 18.0 Å². The van der Waals surface area contributed by atoms with Crippen LogP contribution in [0.15, 0.2) is 17.1 Å². The molecule has 1 aromatic carbocycles. The zero-order valence-electron chi connectivity index (χ0n) is 15.5. The highest BCUT2D eigenvalue weighted by Gasteiger charge is 2.56. The number of ether oxygens (including phenoxy) is 2. The van der Waals surface area contributed by atoms with Crippen LogP contribution in [0, 0.1) is 12.8 Å². The molecule has 0 radical (unpaired) electrons. The van der Waals surface area contributed by atoms with Crippen molar-refractivity contribution in [3.8, 4) is 5.75 Å². The average molecular weight is 354 g/mol. The zero-order chi connectivity index (χ0) is 18.4. The van der Waals surface area contributed by atoms with Crippen molar-refractivity contribution >= 4 is 12.0 Å². The first-order valence-electron chi connectivity index (χ1n) is 8.75. The second-order valence-corrected chi connectivity index (χ2v) is 6.61. The SMILES string of the molecule is CCN(C)/C=N/c1cc(OC)c(CCCOCC2CC2(F)F)cc1C. The van der Waals surface area contributed by atoms with Crippen LogP contribution >= 0.6 is 0 Å². The molecule has 0 saturated heterocycles. The molecule has 4 nitrogen and oxygen atoms in total. The van der Waals surface area contributed by atoms with Crippen molar-refractivity contribution in [3.05, 3.63) is 23.3 Å². The minimum atomic E-state index is -2.50. The highest BCUT2D eigenvalue weighted by Crippen LogP contribution is 2.48. The van der Waals surface area contributed by atoms with Crippen LogP contribution in [0.1, 0.15) is 30.9 Å². The molecular formula is C19H28F2N2O2. The number of nitrogens with zero attached hydrogens (tertiary/aromatic N) is 2. The van der Waals surface area contributed by atoms with Crippen LogP contribution in [0.5, 0.6) is 5.75 Å². The van der Waals surface area contributed by atoms with Crippen molar-refractivity contribution in [2.45, 2.75) is 39.0 Å². The Morgan fingerprint density at radius 2 is 2.12 bits per heavy atom.